The number of hydrogen-bond acceptors (Lipinski definition) is 2. The minimum atomic E-state index is -2.85. The van der Waals surface area contributed by atoms with E-state index in [0.717, 1.165) is 18.2 Å². The van der Waals surface area contributed by atoms with Crippen LogP contribution in [0.4, 0.5) is 0 Å². The molecule has 1 aromatic rings. The Morgan fingerprint density at radius 2 is 2.06 bits per heavy atom. The second-order valence-electron chi connectivity index (χ2n) is 4.63. The van der Waals surface area contributed by atoms with E-state index in [1.54, 1.807) is 0 Å². The van der Waals surface area contributed by atoms with Crippen LogP contribution in [-0.4, -0.2) is 25.8 Å². The fraction of sp³-hybridized carbons (Fsp3) is 0.538. The van der Waals surface area contributed by atoms with Gasteiger partial charge in [-0.15, -0.1) is 0 Å². The van der Waals surface area contributed by atoms with Crippen molar-refractivity contribution in [3.63, 3.8) is 0 Å². The van der Waals surface area contributed by atoms with E-state index in [4.69, 9.17) is 0 Å². The van der Waals surface area contributed by atoms with Crippen LogP contribution in [0, 0.1) is 12.8 Å². The van der Waals surface area contributed by atoms with Crippen LogP contribution in [0.15, 0.2) is 24.3 Å². The van der Waals surface area contributed by atoms with Crippen LogP contribution in [0.25, 0.3) is 0 Å². The first-order valence-corrected chi connectivity index (χ1v) is 8.88. The van der Waals surface area contributed by atoms with Crippen molar-refractivity contribution in [2.75, 3.05) is 17.3 Å². The second kappa shape index (κ2) is 6.55. The third kappa shape index (κ3) is 6.22. The van der Waals surface area contributed by atoms with Gasteiger partial charge in [-0.3, -0.25) is 0 Å². The van der Waals surface area contributed by atoms with Crippen molar-refractivity contribution in [2.24, 2.45) is 5.92 Å². The van der Waals surface area contributed by atoms with Gasteiger partial charge in [0.2, 0.25) is 0 Å². The van der Waals surface area contributed by atoms with Crippen LogP contribution in [0.5, 0.6) is 0 Å². The number of alkyl halides is 1. The summed E-state index contributed by atoms with van der Waals surface area (Å²) >= 11 is 3.46. The minimum absolute atomic E-state index is 0.273. The summed E-state index contributed by atoms with van der Waals surface area (Å²) in [7, 11) is -2.85. The first kappa shape index (κ1) is 14.7. The molecule has 0 aliphatic carbocycles. The zero-order chi connectivity index (χ0) is 12.9. The molecule has 0 spiro atoms. The summed E-state index contributed by atoms with van der Waals surface area (Å²) in [6.07, 6.45) is 2.95. The van der Waals surface area contributed by atoms with Gasteiger partial charge in [0.15, 0.2) is 0 Å². The molecule has 1 rings (SSSR count). The Labute approximate surface area is 112 Å². The van der Waals surface area contributed by atoms with E-state index in [0.29, 0.717) is 5.92 Å². The van der Waals surface area contributed by atoms with E-state index in [9.17, 15) is 8.42 Å². The molecule has 0 aromatic heterocycles. The molecule has 0 heterocycles. The highest BCUT2D eigenvalue weighted by Crippen LogP contribution is 2.16. The van der Waals surface area contributed by atoms with Gasteiger partial charge in [0.1, 0.15) is 9.84 Å². The van der Waals surface area contributed by atoms with Gasteiger partial charge in [0, 0.05) is 11.6 Å². The second-order valence-corrected chi connectivity index (χ2v) is 7.54. The zero-order valence-electron chi connectivity index (χ0n) is 10.3. The van der Waals surface area contributed by atoms with Gasteiger partial charge in [0.25, 0.3) is 0 Å². The summed E-state index contributed by atoms with van der Waals surface area (Å²) in [6, 6.07) is 8.38. The fourth-order valence-electron chi connectivity index (χ4n) is 1.79. The first-order valence-electron chi connectivity index (χ1n) is 5.70. The Hall–Kier alpha value is -0.350. The highest BCUT2D eigenvalue weighted by molar-refractivity contribution is 9.09. The average Bonchev–Trinajstić information content (AvgIpc) is 2.23. The molecule has 0 radical (unpaired) electrons. The molecule has 1 aromatic carbocycles. The van der Waals surface area contributed by atoms with E-state index < -0.39 is 9.84 Å². The van der Waals surface area contributed by atoms with Crippen LogP contribution < -0.4 is 0 Å². The van der Waals surface area contributed by atoms with E-state index in [-0.39, 0.29) is 5.75 Å². The largest absolute Gasteiger partial charge is 0.229 e. The quantitative estimate of drug-likeness (QED) is 0.756. The van der Waals surface area contributed by atoms with Crippen molar-refractivity contribution in [2.45, 2.75) is 19.8 Å². The van der Waals surface area contributed by atoms with Gasteiger partial charge in [-0.1, -0.05) is 45.8 Å². The SMILES string of the molecule is Cc1cccc(CC(CBr)CCS(C)(=O)=O)c1. The summed E-state index contributed by atoms with van der Waals surface area (Å²) in [4.78, 5) is 0. The fourth-order valence-corrected chi connectivity index (χ4v) is 3.10. The highest BCUT2D eigenvalue weighted by atomic mass is 79.9. The molecular weight excluding hydrogens is 300 g/mol. The standard InChI is InChI=1S/C13H19BrO2S/c1-11-4-3-5-12(8-11)9-13(10-14)6-7-17(2,15)16/h3-5,8,13H,6-7,9-10H2,1-2H3. The Balaban J connectivity index is 2.58. The Kier molecular flexibility index (Phi) is 5.67. The molecule has 4 heteroatoms. The van der Waals surface area contributed by atoms with E-state index in [1.165, 1.54) is 17.4 Å². The number of hydrogen-bond donors (Lipinski definition) is 0. The number of benzene rings is 1. The Bertz CT molecular complexity index is 454. The van der Waals surface area contributed by atoms with Gasteiger partial charge in [-0.05, 0) is 31.2 Å². The lowest BCUT2D eigenvalue weighted by Crippen LogP contribution is -2.13. The number of halogens is 1. The van der Waals surface area contributed by atoms with Gasteiger partial charge >= 0.3 is 0 Å². The summed E-state index contributed by atoms with van der Waals surface area (Å²) in [5, 5.41) is 0.844. The number of rotatable bonds is 6. The van der Waals surface area contributed by atoms with Crippen molar-refractivity contribution < 1.29 is 8.42 Å². The normalized spacial score (nSPS) is 13.6. The topological polar surface area (TPSA) is 34.1 Å². The van der Waals surface area contributed by atoms with Crippen molar-refractivity contribution in [1.82, 2.24) is 0 Å². The van der Waals surface area contributed by atoms with Crippen LogP contribution in [0.1, 0.15) is 17.5 Å². The molecule has 96 valence electrons. The lowest BCUT2D eigenvalue weighted by atomic mass is 9.98. The molecule has 0 amide bonds. The lowest BCUT2D eigenvalue weighted by Gasteiger charge is -2.13. The number of sulfone groups is 1. The van der Waals surface area contributed by atoms with Crippen molar-refractivity contribution in [3.8, 4) is 0 Å². The molecule has 17 heavy (non-hydrogen) atoms. The molecule has 0 aliphatic rings. The van der Waals surface area contributed by atoms with E-state index in [1.807, 2.05) is 6.07 Å². The maximum Gasteiger partial charge on any atom is 0.147 e. The molecule has 0 aliphatic heterocycles. The highest BCUT2D eigenvalue weighted by Gasteiger charge is 2.12. The molecule has 0 saturated carbocycles. The molecule has 1 atom stereocenters. The summed E-state index contributed by atoms with van der Waals surface area (Å²) in [5.41, 5.74) is 2.53. The molecule has 1 unspecified atom stereocenters. The van der Waals surface area contributed by atoms with Gasteiger partial charge < -0.3 is 0 Å². The van der Waals surface area contributed by atoms with Gasteiger partial charge in [-0.25, -0.2) is 8.42 Å². The maximum atomic E-state index is 11.1. The van der Waals surface area contributed by atoms with E-state index >= 15 is 0 Å². The third-order valence-corrected chi connectivity index (χ3v) is 4.61. The lowest BCUT2D eigenvalue weighted by molar-refractivity contribution is 0.555. The first-order chi connectivity index (χ1) is 7.90. The predicted octanol–water partition coefficient (Wildman–Crippen LogP) is 2.98. The smallest absolute Gasteiger partial charge is 0.147 e. The van der Waals surface area contributed by atoms with E-state index in [2.05, 4.69) is 41.1 Å². The summed E-state index contributed by atoms with van der Waals surface area (Å²) < 4.78 is 22.3. The molecule has 0 N–H and O–H groups in total. The van der Waals surface area contributed by atoms with Crippen molar-refractivity contribution in [3.05, 3.63) is 35.4 Å². The van der Waals surface area contributed by atoms with Crippen LogP contribution in [-0.2, 0) is 16.3 Å². The van der Waals surface area contributed by atoms with Gasteiger partial charge in [-0.2, -0.15) is 0 Å². The van der Waals surface area contributed by atoms with Crippen LogP contribution in [0.2, 0.25) is 0 Å². The minimum Gasteiger partial charge on any atom is -0.229 e. The predicted molar refractivity (Wildman–Crippen MR) is 76.5 cm³/mol. The number of aryl methyl sites for hydroxylation is 1. The monoisotopic (exact) mass is 318 g/mol. The average molecular weight is 319 g/mol. The molecule has 0 bridgehead atoms. The Morgan fingerprint density at radius 3 is 2.59 bits per heavy atom. The Morgan fingerprint density at radius 1 is 1.35 bits per heavy atom. The summed E-state index contributed by atoms with van der Waals surface area (Å²) in [5.74, 6) is 0.654. The summed E-state index contributed by atoms with van der Waals surface area (Å²) in [6.45, 7) is 2.07. The zero-order valence-corrected chi connectivity index (χ0v) is 12.7. The van der Waals surface area contributed by atoms with Gasteiger partial charge in [0.05, 0.1) is 5.75 Å². The van der Waals surface area contributed by atoms with Crippen molar-refractivity contribution in [1.29, 1.82) is 0 Å². The molecular formula is C13H19BrO2S. The maximum absolute atomic E-state index is 11.1. The third-order valence-electron chi connectivity index (χ3n) is 2.72. The van der Waals surface area contributed by atoms with Crippen LogP contribution in [0.3, 0.4) is 0 Å². The van der Waals surface area contributed by atoms with Crippen molar-refractivity contribution >= 4 is 25.8 Å². The molecule has 0 saturated heterocycles. The molecule has 0 fully saturated rings. The van der Waals surface area contributed by atoms with Crippen LogP contribution >= 0.6 is 15.9 Å². The molecule has 2 nitrogen and oxygen atoms in total.